The lowest BCUT2D eigenvalue weighted by atomic mass is 10.1. The fraction of sp³-hybridized carbons (Fsp3) is 0.500. The lowest BCUT2D eigenvalue weighted by Gasteiger charge is -2.16. The van der Waals surface area contributed by atoms with Crippen LogP contribution in [-0.2, 0) is 14.3 Å². The molecular weight excluding hydrogens is 482 g/mol. The Morgan fingerprint density at radius 1 is 0.946 bits per heavy atom. The Hall–Kier alpha value is -3.68. The normalized spacial score (nSPS) is 21.6. The predicted molar refractivity (Wildman–Crippen MR) is 140 cm³/mol. The number of pyridine rings is 2. The number of anilines is 4. The molecule has 2 aromatic heterocycles. The van der Waals surface area contributed by atoms with Crippen LogP contribution in [0.3, 0.4) is 0 Å². The number of carbonyl (C=O) groups excluding carboxylic acids is 1. The SMILES string of the molecule is CN.COC(=O)C1CC(C)Nc2ncc(C(O)O)cc2N1.Cc1cnc2c(c1)NC(C(=O)O)CC(C)N2. The number of aliphatic carboxylic acids is 1. The van der Waals surface area contributed by atoms with Crippen LogP contribution in [0.5, 0.6) is 0 Å². The van der Waals surface area contributed by atoms with Crippen LogP contribution < -0.4 is 27.0 Å². The maximum absolute atomic E-state index is 11.7. The second-order valence-corrected chi connectivity index (χ2v) is 8.76. The molecule has 13 heteroatoms. The number of aryl methyl sites for hydroxylation is 1. The number of hydrogen-bond acceptors (Lipinski definition) is 12. The highest BCUT2D eigenvalue weighted by molar-refractivity contribution is 5.82. The highest BCUT2D eigenvalue weighted by Crippen LogP contribution is 2.28. The van der Waals surface area contributed by atoms with E-state index in [4.69, 9.17) is 20.1 Å². The van der Waals surface area contributed by atoms with Crippen LogP contribution in [0, 0.1) is 6.92 Å². The van der Waals surface area contributed by atoms with Gasteiger partial charge in [-0.1, -0.05) is 0 Å². The first-order valence-electron chi connectivity index (χ1n) is 11.8. The highest BCUT2D eigenvalue weighted by atomic mass is 16.5. The fourth-order valence-corrected chi connectivity index (χ4v) is 3.89. The van der Waals surface area contributed by atoms with Crippen molar-refractivity contribution in [2.24, 2.45) is 5.73 Å². The molecule has 0 bridgehead atoms. The van der Waals surface area contributed by atoms with Gasteiger partial charge in [-0.3, -0.25) is 0 Å². The number of nitrogens with two attached hydrogens (primary N) is 1. The molecule has 4 rings (SSSR count). The zero-order chi connectivity index (χ0) is 27.7. The maximum atomic E-state index is 11.7. The van der Waals surface area contributed by atoms with Gasteiger partial charge in [-0.25, -0.2) is 19.6 Å². The Bertz CT molecular complexity index is 1070. The summed E-state index contributed by atoms with van der Waals surface area (Å²) in [5.41, 5.74) is 7.07. The molecule has 37 heavy (non-hydrogen) atoms. The van der Waals surface area contributed by atoms with Crippen LogP contribution in [0.1, 0.15) is 44.1 Å². The zero-order valence-corrected chi connectivity index (χ0v) is 21.6. The molecule has 2 aliphatic rings. The van der Waals surface area contributed by atoms with Gasteiger partial charge in [-0.05, 0) is 58.4 Å². The number of aliphatic hydroxyl groups excluding tert-OH is 1. The smallest absolute Gasteiger partial charge is 0.328 e. The summed E-state index contributed by atoms with van der Waals surface area (Å²) in [7, 11) is 2.83. The molecule has 4 atom stereocenters. The van der Waals surface area contributed by atoms with Gasteiger partial charge in [-0.2, -0.15) is 0 Å². The molecule has 4 unspecified atom stereocenters. The minimum atomic E-state index is -1.60. The third-order valence-electron chi connectivity index (χ3n) is 5.62. The number of esters is 1. The molecule has 0 aliphatic carbocycles. The third kappa shape index (κ3) is 8.17. The Labute approximate surface area is 215 Å². The van der Waals surface area contributed by atoms with Crippen molar-refractivity contribution in [3.63, 3.8) is 0 Å². The molecule has 4 heterocycles. The van der Waals surface area contributed by atoms with Gasteiger partial charge in [0, 0.05) is 30.0 Å². The van der Waals surface area contributed by atoms with Crippen LogP contribution in [-0.4, -0.2) is 75.6 Å². The average molecular weight is 520 g/mol. The van der Waals surface area contributed by atoms with E-state index in [2.05, 4.69) is 37.0 Å². The number of nitrogens with zero attached hydrogens (tertiary/aromatic N) is 2. The average Bonchev–Trinajstić information content (AvgIpc) is 3.14. The van der Waals surface area contributed by atoms with Crippen molar-refractivity contribution in [3.05, 3.63) is 35.7 Å². The molecule has 2 aliphatic heterocycles. The van der Waals surface area contributed by atoms with Crippen molar-refractivity contribution in [2.75, 3.05) is 35.4 Å². The highest BCUT2D eigenvalue weighted by Gasteiger charge is 2.27. The summed E-state index contributed by atoms with van der Waals surface area (Å²) in [5, 5.41) is 39.7. The van der Waals surface area contributed by atoms with Crippen molar-refractivity contribution >= 4 is 34.9 Å². The van der Waals surface area contributed by atoms with E-state index < -0.39 is 24.3 Å². The second kappa shape index (κ2) is 13.6. The molecule has 0 spiro atoms. The lowest BCUT2D eigenvalue weighted by Crippen LogP contribution is -2.33. The van der Waals surface area contributed by atoms with E-state index in [1.807, 2.05) is 26.8 Å². The molecule has 204 valence electrons. The zero-order valence-electron chi connectivity index (χ0n) is 21.6. The standard InChI is InChI=1S/C12H17N3O4.C11H15N3O2.CH5N/c1-6-3-9(12(18)19-2)15-8-4-7(11(16)17)5-13-10(8)14-6;1-6-3-8-10(12-5-6)13-7(2)4-9(14-8)11(15)16;1-2/h4-6,9,11,15-17H,3H2,1-2H3,(H,13,14);3,5,7,9,14H,4H2,1-2H3,(H,12,13)(H,15,16);2H2,1H3. The summed E-state index contributed by atoms with van der Waals surface area (Å²) in [6, 6.07) is 2.52. The molecule has 0 amide bonds. The van der Waals surface area contributed by atoms with E-state index >= 15 is 0 Å². The number of fused-ring (bicyclic) bond motifs is 2. The van der Waals surface area contributed by atoms with Crippen molar-refractivity contribution in [3.8, 4) is 0 Å². The maximum Gasteiger partial charge on any atom is 0.328 e. The van der Waals surface area contributed by atoms with Crippen LogP contribution >= 0.6 is 0 Å². The number of carboxylic acids is 1. The summed E-state index contributed by atoms with van der Waals surface area (Å²) in [4.78, 5) is 31.1. The lowest BCUT2D eigenvalue weighted by molar-refractivity contribution is -0.141. The van der Waals surface area contributed by atoms with E-state index in [9.17, 15) is 9.59 Å². The molecule has 0 saturated heterocycles. The molecule has 0 saturated carbocycles. The minimum Gasteiger partial charge on any atom is -0.480 e. The Kier molecular flexibility index (Phi) is 10.8. The Morgan fingerprint density at radius 2 is 1.46 bits per heavy atom. The molecule has 0 fully saturated rings. The first kappa shape index (κ1) is 29.5. The molecular formula is C24H37N7O6. The van der Waals surface area contributed by atoms with E-state index in [0.29, 0.717) is 24.3 Å². The van der Waals surface area contributed by atoms with Crippen molar-refractivity contribution in [1.82, 2.24) is 9.97 Å². The molecule has 13 nitrogen and oxygen atoms in total. The van der Waals surface area contributed by atoms with Crippen LogP contribution in [0.15, 0.2) is 24.5 Å². The van der Waals surface area contributed by atoms with Crippen molar-refractivity contribution in [2.45, 2.75) is 64.1 Å². The number of carbonyl (C=O) groups is 2. The molecule has 2 aromatic rings. The Balaban J connectivity index is 0.000000247. The number of aliphatic hydroxyl groups is 2. The number of methoxy groups -OCH3 is 1. The summed E-state index contributed by atoms with van der Waals surface area (Å²) >= 11 is 0. The first-order chi connectivity index (χ1) is 17.6. The van der Waals surface area contributed by atoms with Gasteiger partial charge in [0.25, 0.3) is 0 Å². The second-order valence-electron chi connectivity index (χ2n) is 8.76. The molecule has 0 radical (unpaired) electrons. The van der Waals surface area contributed by atoms with E-state index in [1.165, 1.54) is 20.4 Å². The molecule has 0 aromatic carbocycles. The monoisotopic (exact) mass is 519 g/mol. The summed E-state index contributed by atoms with van der Waals surface area (Å²) in [6.45, 7) is 5.82. The van der Waals surface area contributed by atoms with E-state index in [-0.39, 0.29) is 23.6 Å². The Morgan fingerprint density at radius 3 is 2.00 bits per heavy atom. The van der Waals surface area contributed by atoms with Crippen molar-refractivity contribution < 1.29 is 29.6 Å². The number of aromatic nitrogens is 2. The van der Waals surface area contributed by atoms with Gasteiger partial charge < -0.3 is 47.1 Å². The number of ether oxygens (including phenoxy) is 1. The van der Waals surface area contributed by atoms with Crippen LogP contribution in [0.25, 0.3) is 0 Å². The number of carboxylic acid groups (broad SMARTS) is 1. The fourth-order valence-electron chi connectivity index (χ4n) is 3.89. The predicted octanol–water partition coefficient (Wildman–Crippen LogP) is 1.26. The summed E-state index contributed by atoms with van der Waals surface area (Å²) in [5.74, 6) is 0.101. The van der Waals surface area contributed by atoms with Gasteiger partial charge in [0.1, 0.15) is 23.7 Å². The van der Waals surface area contributed by atoms with Gasteiger partial charge in [0.2, 0.25) is 0 Å². The number of hydrogen-bond donors (Lipinski definition) is 8. The van der Waals surface area contributed by atoms with E-state index in [0.717, 1.165) is 17.1 Å². The van der Waals surface area contributed by atoms with Gasteiger partial charge in [0.15, 0.2) is 6.29 Å². The van der Waals surface area contributed by atoms with E-state index in [1.54, 1.807) is 12.3 Å². The van der Waals surface area contributed by atoms with Crippen LogP contribution in [0.4, 0.5) is 23.0 Å². The molecule has 9 N–H and O–H groups in total. The number of rotatable bonds is 3. The largest absolute Gasteiger partial charge is 0.480 e. The summed E-state index contributed by atoms with van der Waals surface area (Å²) in [6.07, 6.45) is 2.62. The third-order valence-corrected chi connectivity index (χ3v) is 5.62. The van der Waals surface area contributed by atoms with Crippen molar-refractivity contribution in [1.29, 1.82) is 0 Å². The van der Waals surface area contributed by atoms with Gasteiger partial charge in [0.05, 0.1) is 18.5 Å². The van der Waals surface area contributed by atoms with Crippen LogP contribution in [0.2, 0.25) is 0 Å². The minimum absolute atomic E-state index is 0.0373. The first-order valence-corrected chi connectivity index (χ1v) is 11.8. The van der Waals surface area contributed by atoms with Gasteiger partial charge >= 0.3 is 11.9 Å². The summed E-state index contributed by atoms with van der Waals surface area (Å²) < 4.78 is 4.74. The quantitative estimate of drug-likeness (QED) is 0.213. The topological polar surface area (TPSA) is 204 Å². The van der Waals surface area contributed by atoms with Gasteiger partial charge in [-0.15, -0.1) is 0 Å². The number of nitrogens with one attached hydrogen (secondary N) is 4.